The monoisotopic (exact) mass is 209 g/mol. The van der Waals surface area contributed by atoms with Gasteiger partial charge in [0.05, 0.1) is 19.0 Å². The van der Waals surface area contributed by atoms with E-state index in [0.29, 0.717) is 0 Å². The van der Waals surface area contributed by atoms with Gasteiger partial charge in [0.15, 0.2) is 5.82 Å². The molecule has 0 N–H and O–H groups in total. The zero-order chi connectivity index (χ0) is 10.7. The van der Waals surface area contributed by atoms with Crippen LogP contribution in [0.25, 0.3) is 5.82 Å². The van der Waals surface area contributed by atoms with Crippen LogP contribution in [-0.2, 0) is 11.3 Å². The molecule has 0 radical (unpaired) electrons. The lowest BCUT2D eigenvalue weighted by molar-refractivity contribution is 0.177. The summed E-state index contributed by atoms with van der Waals surface area (Å²) in [4.78, 5) is 8.61. The average molecular weight is 209 g/mol. The van der Waals surface area contributed by atoms with Gasteiger partial charge in [-0.2, -0.15) is 10.2 Å². The lowest BCUT2D eigenvalue weighted by Gasteiger charge is -2.03. The van der Waals surface area contributed by atoms with E-state index in [1.165, 1.54) is 25.8 Å². The number of hydrogen-bond donors (Lipinski definition) is 0. The Balaban J connectivity index is 2.45. The molecule has 2 aromatic heterocycles. The molecule has 0 aliphatic rings. The number of hydrogen-bond acceptors (Lipinski definition) is 5. The average Bonchev–Trinajstić information content (AvgIpc) is 2.74. The molecule has 0 atom stereocenters. The Labute approximate surface area is 84.7 Å². The molecule has 78 valence electrons. The highest BCUT2D eigenvalue weighted by Crippen LogP contribution is 2.10. The Bertz CT molecular complexity index is 444. The van der Waals surface area contributed by atoms with Crippen LogP contribution in [0.5, 0.6) is 0 Å². The first-order chi connectivity index (χ1) is 7.33. The van der Waals surface area contributed by atoms with Gasteiger partial charge in [-0.3, -0.25) is 0 Å². The highest BCUT2D eigenvalue weighted by atomic mass is 19.1. The van der Waals surface area contributed by atoms with Crippen LogP contribution < -0.4 is 0 Å². The molecule has 15 heavy (non-hydrogen) atoms. The minimum Gasteiger partial charge on any atom is -0.378 e. The summed E-state index contributed by atoms with van der Waals surface area (Å²) in [6.45, 7) is 0.0859. The van der Waals surface area contributed by atoms with E-state index in [-0.39, 0.29) is 18.1 Å². The van der Waals surface area contributed by atoms with Gasteiger partial charge in [-0.15, -0.1) is 4.80 Å². The Hall–Kier alpha value is -1.89. The highest BCUT2D eigenvalue weighted by molar-refractivity contribution is 5.23. The number of methoxy groups -OCH3 is 1. The van der Waals surface area contributed by atoms with Crippen LogP contribution in [0, 0.1) is 5.82 Å². The lowest BCUT2D eigenvalue weighted by Crippen LogP contribution is -2.09. The Kier molecular flexibility index (Phi) is 2.64. The molecule has 0 aliphatic heterocycles. The molecule has 0 unspecified atom stereocenters. The fourth-order valence-corrected chi connectivity index (χ4v) is 1.10. The van der Waals surface area contributed by atoms with Crippen molar-refractivity contribution in [2.75, 3.05) is 7.11 Å². The van der Waals surface area contributed by atoms with E-state index in [4.69, 9.17) is 4.74 Å². The van der Waals surface area contributed by atoms with Crippen LogP contribution >= 0.6 is 0 Å². The first kappa shape index (κ1) is 9.66. The van der Waals surface area contributed by atoms with Crippen molar-refractivity contribution >= 4 is 0 Å². The maximum Gasteiger partial charge on any atom is 0.213 e. The van der Waals surface area contributed by atoms with E-state index in [9.17, 15) is 4.39 Å². The lowest BCUT2D eigenvalue weighted by atomic mass is 10.4. The number of nitrogens with zero attached hydrogens (tertiary/aromatic N) is 5. The third kappa shape index (κ3) is 1.82. The Morgan fingerprint density at radius 2 is 2.07 bits per heavy atom. The van der Waals surface area contributed by atoms with Gasteiger partial charge >= 0.3 is 0 Å². The first-order valence-electron chi connectivity index (χ1n) is 4.18. The predicted octanol–water partition coefficient (Wildman–Crippen LogP) is 0.343. The van der Waals surface area contributed by atoms with E-state index in [2.05, 4.69) is 20.2 Å². The molecule has 0 saturated carbocycles. The number of rotatable bonds is 3. The summed E-state index contributed by atoms with van der Waals surface area (Å²) in [5.74, 6) is -0.558. The zero-order valence-corrected chi connectivity index (χ0v) is 7.96. The van der Waals surface area contributed by atoms with E-state index in [1.807, 2.05) is 0 Å². The third-order valence-corrected chi connectivity index (χ3v) is 1.73. The fraction of sp³-hybridized carbons (Fsp3) is 0.250. The van der Waals surface area contributed by atoms with Crippen LogP contribution in [0.3, 0.4) is 0 Å². The van der Waals surface area contributed by atoms with Gasteiger partial charge in [0.2, 0.25) is 5.82 Å². The maximum atomic E-state index is 13.7. The summed E-state index contributed by atoms with van der Waals surface area (Å²) in [5, 5.41) is 7.57. The Morgan fingerprint density at radius 1 is 1.33 bits per heavy atom. The second-order valence-corrected chi connectivity index (χ2v) is 2.71. The molecule has 0 bridgehead atoms. The summed E-state index contributed by atoms with van der Waals surface area (Å²) in [7, 11) is 1.47. The van der Waals surface area contributed by atoms with E-state index in [0.717, 1.165) is 4.80 Å². The molecule has 0 fully saturated rings. The van der Waals surface area contributed by atoms with Gasteiger partial charge in [-0.25, -0.2) is 14.4 Å². The molecule has 0 aliphatic carbocycles. The summed E-state index contributed by atoms with van der Waals surface area (Å²) < 4.78 is 18.5. The van der Waals surface area contributed by atoms with Gasteiger partial charge < -0.3 is 4.74 Å². The van der Waals surface area contributed by atoms with E-state index < -0.39 is 5.82 Å². The minimum atomic E-state index is -0.574. The Morgan fingerprint density at radius 3 is 2.73 bits per heavy atom. The first-order valence-corrected chi connectivity index (χ1v) is 4.18. The molecule has 2 heterocycles. The fourth-order valence-electron chi connectivity index (χ4n) is 1.10. The minimum absolute atomic E-state index is 0.0158. The normalized spacial score (nSPS) is 10.5. The van der Waals surface area contributed by atoms with Gasteiger partial charge in [-0.1, -0.05) is 0 Å². The van der Waals surface area contributed by atoms with Crippen molar-refractivity contribution < 1.29 is 9.13 Å². The van der Waals surface area contributed by atoms with E-state index in [1.54, 1.807) is 0 Å². The summed E-state index contributed by atoms with van der Waals surface area (Å²) in [6.07, 6.45) is 4.13. The van der Waals surface area contributed by atoms with Crippen molar-refractivity contribution in [3.8, 4) is 5.82 Å². The van der Waals surface area contributed by atoms with Crippen molar-refractivity contribution in [1.29, 1.82) is 0 Å². The van der Waals surface area contributed by atoms with Crippen LogP contribution in [0.2, 0.25) is 0 Å². The van der Waals surface area contributed by atoms with Gasteiger partial charge in [0, 0.05) is 7.11 Å². The van der Waals surface area contributed by atoms with Gasteiger partial charge in [-0.05, 0) is 0 Å². The summed E-state index contributed by atoms with van der Waals surface area (Å²) in [6, 6.07) is 0. The molecule has 0 saturated heterocycles. The second-order valence-electron chi connectivity index (χ2n) is 2.71. The van der Waals surface area contributed by atoms with Crippen LogP contribution in [-0.4, -0.2) is 32.1 Å². The molecule has 2 rings (SSSR count). The van der Waals surface area contributed by atoms with Crippen molar-refractivity contribution in [3.63, 3.8) is 0 Å². The highest BCUT2D eigenvalue weighted by Gasteiger charge is 2.13. The number of halogens is 1. The van der Waals surface area contributed by atoms with Crippen LogP contribution in [0.1, 0.15) is 5.69 Å². The molecule has 0 aromatic carbocycles. The zero-order valence-electron chi connectivity index (χ0n) is 7.96. The molecular formula is C8H8FN5O. The molecule has 2 aromatic rings. The summed E-state index contributed by atoms with van der Waals surface area (Å²) in [5.41, 5.74) is 0.180. The van der Waals surface area contributed by atoms with Crippen LogP contribution in [0.4, 0.5) is 4.39 Å². The van der Waals surface area contributed by atoms with Crippen molar-refractivity contribution in [3.05, 3.63) is 30.2 Å². The third-order valence-electron chi connectivity index (χ3n) is 1.73. The van der Waals surface area contributed by atoms with Crippen molar-refractivity contribution in [2.45, 2.75) is 6.61 Å². The molecule has 0 amide bonds. The SMILES string of the molecule is COCc1ncnc(-n2nccn2)c1F. The second kappa shape index (κ2) is 4.09. The standard InChI is InChI=1S/C8H8FN5O/c1-15-4-6-7(9)8(11-5-10-6)14-12-2-3-13-14/h2-3,5H,4H2,1H3. The molecule has 0 spiro atoms. The topological polar surface area (TPSA) is 65.7 Å². The maximum absolute atomic E-state index is 13.7. The molecule has 7 heteroatoms. The van der Waals surface area contributed by atoms with E-state index >= 15 is 0 Å². The predicted molar refractivity (Wildman–Crippen MR) is 47.6 cm³/mol. The number of ether oxygens (including phenoxy) is 1. The quantitative estimate of drug-likeness (QED) is 0.729. The summed E-state index contributed by atoms with van der Waals surface area (Å²) >= 11 is 0. The molecular weight excluding hydrogens is 201 g/mol. The number of aromatic nitrogens is 5. The van der Waals surface area contributed by atoms with Gasteiger partial charge in [0.1, 0.15) is 12.0 Å². The van der Waals surface area contributed by atoms with Gasteiger partial charge in [0.25, 0.3) is 0 Å². The molecule has 6 nitrogen and oxygen atoms in total. The van der Waals surface area contributed by atoms with Crippen molar-refractivity contribution in [1.82, 2.24) is 25.0 Å². The largest absolute Gasteiger partial charge is 0.378 e. The van der Waals surface area contributed by atoms with Crippen molar-refractivity contribution in [2.24, 2.45) is 0 Å². The van der Waals surface area contributed by atoms with Crippen LogP contribution in [0.15, 0.2) is 18.7 Å². The smallest absolute Gasteiger partial charge is 0.213 e.